The molecule has 1 aromatic rings. The normalized spacial score (nSPS) is 10.4. The SMILES string of the molecule is O=C(CNC(O)O)c1ccccc1. The molecule has 4 heteroatoms. The van der Waals surface area contributed by atoms with Gasteiger partial charge in [-0.25, -0.2) is 0 Å². The summed E-state index contributed by atoms with van der Waals surface area (Å²) in [6.45, 7) is -0.0817. The van der Waals surface area contributed by atoms with Crippen molar-refractivity contribution in [3.8, 4) is 0 Å². The molecule has 0 atom stereocenters. The summed E-state index contributed by atoms with van der Waals surface area (Å²) >= 11 is 0. The molecule has 0 aliphatic heterocycles. The highest BCUT2D eigenvalue weighted by Crippen LogP contribution is 1.98. The maximum absolute atomic E-state index is 11.3. The van der Waals surface area contributed by atoms with Gasteiger partial charge in [0.25, 0.3) is 0 Å². The molecule has 0 fully saturated rings. The predicted octanol–water partition coefficient (Wildman–Crippen LogP) is -0.273. The maximum atomic E-state index is 11.3. The Balaban J connectivity index is 2.50. The number of carbonyl (C=O) groups is 1. The Bertz CT molecular complexity index is 271. The van der Waals surface area contributed by atoms with Crippen molar-refractivity contribution < 1.29 is 15.0 Å². The van der Waals surface area contributed by atoms with Crippen LogP contribution in [0.3, 0.4) is 0 Å². The molecule has 0 radical (unpaired) electrons. The molecule has 0 unspecified atom stereocenters. The first-order valence-electron chi connectivity index (χ1n) is 3.88. The highest BCUT2D eigenvalue weighted by molar-refractivity contribution is 5.97. The molecular formula is C9H11NO3. The lowest BCUT2D eigenvalue weighted by Crippen LogP contribution is -2.33. The second kappa shape index (κ2) is 4.71. The van der Waals surface area contributed by atoms with Crippen molar-refractivity contribution in [1.82, 2.24) is 5.32 Å². The first kappa shape index (κ1) is 9.85. The van der Waals surface area contributed by atoms with Gasteiger partial charge in [-0.15, -0.1) is 0 Å². The quantitative estimate of drug-likeness (QED) is 0.441. The first-order chi connectivity index (χ1) is 6.20. The molecule has 0 aromatic heterocycles. The summed E-state index contributed by atoms with van der Waals surface area (Å²) in [5, 5.41) is 19.1. The molecule has 4 nitrogen and oxygen atoms in total. The van der Waals surface area contributed by atoms with Crippen LogP contribution in [0.1, 0.15) is 10.4 Å². The first-order valence-corrected chi connectivity index (χ1v) is 3.88. The number of benzene rings is 1. The molecule has 3 N–H and O–H groups in total. The standard InChI is InChI=1S/C9H11NO3/c11-8(6-10-9(12)13)7-4-2-1-3-5-7/h1-5,9-10,12-13H,6H2. The molecule has 0 saturated carbocycles. The van der Waals surface area contributed by atoms with Gasteiger partial charge in [0.05, 0.1) is 6.54 Å². The summed E-state index contributed by atoms with van der Waals surface area (Å²) in [5.74, 6) is -0.172. The van der Waals surface area contributed by atoms with E-state index in [1.54, 1.807) is 24.3 Å². The number of rotatable bonds is 4. The predicted molar refractivity (Wildman–Crippen MR) is 47.0 cm³/mol. The monoisotopic (exact) mass is 181 g/mol. The van der Waals surface area contributed by atoms with Crippen molar-refractivity contribution in [3.63, 3.8) is 0 Å². The van der Waals surface area contributed by atoms with Crippen molar-refractivity contribution in [3.05, 3.63) is 35.9 Å². The summed E-state index contributed by atoms with van der Waals surface area (Å²) in [4.78, 5) is 11.3. The van der Waals surface area contributed by atoms with E-state index in [9.17, 15) is 4.79 Å². The van der Waals surface area contributed by atoms with Gasteiger partial charge in [0, 0.05) is 5.56 Å². The third-order valence-electron chi connectivity index (χ3n) is 1.54. The van der Waals surface area contributed by atoms with Crippen LogP contribution < -0.4 is 5.32 Å². The van der Waals surface area contributed by atoms with Crippen molar-refractivity contribution in [2.45, 2.75) is 6.41 Å². The van der Waals surface area contributed by atoms with Crippen LogP contribution in [-0.2, 0) is 0 Å². The van der Waals surface area contributed by atoms with Gasteiger partial charge in [-0.05, 0) is 0 Å². The third kappa shape index (κ3) is 3.33. The Hall–Kier alpha value is -1.23. The zero-order valence-corrected chi connectivity index (χ0v) is 6.97. The number of aliphatic hydroxyl groups excluding tert-OH is 1. The number of ketones is 1. The Morgan fingerprint density at radius 3 is 2.46 bits per heavy atom. The summed E-state index contributed by atoms with van der Waals surface area (Å²) in [7, 11) is 0. The molecule has 0 bridgehead atoms. The number of Topliss-reactive ketones (excluding diaryl/α,β-unsaturated/α-hetero) is 1. The van der Waals surface area contributed by atoms with E-state index < -0.39 is 6.41 Å². The van der Waals surface area contributed by atoms with Gasteiger partial charge < -0.3 is 10.2 Å². The van der Waals surface area contributed by atoms with Crippen LogP contribution in [-0.4, -0.2) is 29.0 Å². The number of nitrogens with one attached hydrogen (secondary N) is 1. The second-order valence-electron chi connectivity index (χ2n) is 2.54. The van der Waals surface area contributed by atoms with Crippen molar-refractivity contribution >= 4 is 5.78 Å². The topological polar surface area (TPSA) is 69.6 Å². The van der Waals surface area contributed by atoms with Crippen molar-refractivity contribution in [2.75, 3.05) is 6.54 Å². The lowest BCUT2D eigenvalue weighted by molar-refractivity contribution is -0.0637. The Labute approximate surface area is 75.8 Å². The highest BCUT2D eigenvalue weighted by Gasteiger charge is 2.05. The minimum absolute atomic E-state index is 0.0817. The van der Waals surface area contributed by atoms with Crippen molar-refractivity contribution in [2.24, 2.45) is 0 Å². The van der Waals surface area contributed by atoms with E-state index in [-0.39, 0.29) is 12.3 Å². The average Bonchev–Trinajstić information content (AvgIpc) is 2.15. The summed E-state index contributed by atoms with van der Waals surface area (Å²) in [5.41, 5.74) is 0.552. The summed E-state index contributed by atoms with van der Waals surface area (Å²) < 4.78 is 0. The minimum Gasteiger partial charge on any atom is -0.356 e. The van der Waals surface area contributed by atoms with Gasteiger partial charge in [-0.1, -0.05) is 30.3 Å². The van der Waals surface area contributed by atoms with Gasteiger partial charge in [0.2, 0.25) is 6.41 Å². The smallest absolute Gasteiger partial charge is 0.211 e. The zero-order valence-electron chi connectivity index (χ0n) is 6.97. The van der Waals surface area contributed by atoms with Crippen LogP contribution >= 0.6 is 0 Å². The van der Waals surface area contributed by atoms with E-state index in [0.29, 0.717) is 5.56 Å². The second-order valence-corrected chi connectivity index (χ2v) is 2.54. The maximum Gasteiger partial charge on any atom is 0.211 e. The van der Waals surface area contributed by atoms with Crippen LogP contribution in [0.15, 0.2) is 30.3 Å². The number of aliphatic hydroxyl groups is 2. The number of carbonyl (C=O) groups excluding carboxylic acids is 1. The van der Waals surface area contributed by atoms with Gasteiger partial charge >= 0.3 is 0 Å². The molecule has 0 aliphatic rings. The van der Waals surface area contributed by atoms with Gasteiger partial charge in [0.15, 0.2) is 5.78 Å². The van der Waals surface area contributed by atoms with E-state index in [2.05, 4.69) is 5.32 Å². The van der Waals surface area contributed by atoms with Gasteiger partial charge in [-0.3, -0.25) is 10.1 Å². The van der Waals surface area contributed by atoms with Crippen LogP contribution in [0.4, 0.5) is 0 Å². The zero-order chi connectivity index (χ0) is 9.68. The van der Waals surface area contributed by atoms with Crippen LogP contribution in [0.2, 0.25) is 0 Å². The number of hydrogen-bond donors (Lipinski definition) is 3. The van der Waals surface area contributed by atoms with E-state index in [4.69, 9.17) is 10.2 Å². The van der Waals surface area contributed by atoms with Gasteiger partial charge in [-0.2, -0.15) is 0 Å². The molecule has 1 rings (SSSR count). The number of hydrogen-bond acceptors (Lipinski definition) is 4. The fourth-order valence-corrected chi connectivity index (χ4v) is 0.910. The van der Waals surface area contributed by atoms with Crippen LogP contribution in [0.25, 0.3) is 0 Å². The molecule has 0 saturated heterocycles. The fourth-order valence-electron chi connectivity index (χ4n) is 0.910. The fraction of sp³-hybridized carbons (Fsp3) is 0.222. The molecular weight excluding hydrogens is 170 g/mol. The molecule has 0 amide bonds. The molecule has 1 aromatic carbocycles. The van der Waals surface area contributed by atoms with Gasteiger partial charge in [0.1, 0.15) is 0 Å². The lowest BCUT2D eigenvalue weighted by Gasteiger charge is -2.04. The molecule has 70 valence electrons. The lowest BCUT2D eigenvalue weighted by atomic mass is 10.1. The summed E-state index contributed by atoms with van der Waals surface area (Å²) in [6, 6.07) is 8.66. The molecule has 0 heterocycles. The van der Waals surface area contributed by atoms with Crippen molar-refractivity contribution in [1.29, 1.82) is 0 Å². The molecule has 0 aliphatic carbocycles. The highest BCUT2D eigenvalue weighted by atomic mass is 16.5. The van der Waals surface area contributed by atoms with E-state index in [1.807, 2.05) is 6.07 Å². The van der Waals surface area contributed by atoms with Crippen LogP contribution in [0, 0.1) is 0 Å². The molecule has 13 heavy (non-hydrogen) atoms. The Morgan fingerprint density at radius 2 is 1.92 bits per heavy atom. The molecule has 0 spiro atoms. The minimum atomic E-state index is -1.65. The Kier molecular flexibility index (Phi) is 3.57. The Morgan fingerprint density at radius 1 is 1.31 bits per heavy atom. The third-order valence-corrected chi connectivity index (χ3v) is 1.54. The van der Waals surface area contributed by atoms with E-state index >= 15 is 0 Å². The largest absolute Gasteiger partial charge is 0.356 e. The summed E-state index contributed by atoms with van der Waals surface area (Å²) in [6.07, 6.45) is -1.65. The average molecular weight is 181 g/mol. The van der Waals surface area contributed by atoms with Crippen LogP contribution in [0.5, 0.6) is 0 Å². The van der Waals surface area contributed by atoms with E-state index in [1.165, 1.54) is 0 Å². The van der Waals surface area contributed by atoms with E-state index in [0.717, 1.165) is 0 Å².